The van der Waals surface area contributed by atoms with Crippen molar-refractivity contribution in [2.75, 3.05) is 12.3 Å². The number of thioether (sulfide) groups is 1. The molecule has 0 unspecified atom stereocenters. The second-order valence-electron chi connectivity index (χ2n) is 6.60. The minimum atomic E-state index is -0.0451. The summed E-state index contributed by atoms with van der Waals surface area (Å²) >= 11 is 7.27. The third-order valence-electron chi connectivity index (χ3n) is 4.43. The van der Waals surface area contributed by atoms with Gasteiger partial charge in [-0.15, -0.1) is 5.10 Å². The van der Waals surface area contributed by atoms with Crippen molar-refractivity contribution in [2.24, 2.45) is 0 Å². The first kappa shape index (κ1) is 20.3. The summed E-state index contributed by atoms with van der Waals surface area (Å²) in [7, 11) is 0. The SMILES string of the molecule is O=C(CSc1ncnc2c1nnn2Cc1ccc(Cl)cc1)NCCc1ccccc1. The highest BCUT2D eigenvalue weighted by Crippen LogP contribution is 2.22. The van der Waals surface area contributed by atoms with Crippen molar-refractivity contribution in [1.82, 2.24) is 30.3 Å². The summed E-state index contributed by atoms with van der Waals surface area (Å²) in [4.78, 5) is 20.8. The van der Waals surface area contributed by atoms with Crippen LogP contribution in [-0.4, -0.2) is 43.2 Å². The lowest BCUT2D eigenvalue weighted by atomic mass is 10.1. The molecule has 0 bridgehead atoms. The Labute approximate surface area is 182 Å². The number of benzene rings is 2. The van der Waals surface area contributed by atoms with E-state index in [1.165, 1.54) is 23.7 Å². The summed E-state index contributed by atoms with van der Waals surface area (Å²) in [5.74, 6) is 0.210. The van der Waals surface area contributed by atoms with Gasteiger partial charge in [-0.05, 0) is 29.7 Å². The van der Waals surface area contributed by atoms with E-state index < -0.39 is 0 Å². The van der Waals surface area contributed by atoms with Crippen LogP contribution in [0.3, 0.4) is 0 Å². The Hall–Kier alpha value is -2.97. The number of fused-ring (bicyclic) bond motifs is 1. The standard InChI is InChI=1S/C21H19ClN6OS/c22-17-8-6-16(7-9-17)12-28-20-19(26-27-28)21(25-14-24-20)30-13-18(29)23-11-10-15-4-2-1-3-5-15/h1-9,14H,10-13H2,(H,23,29). The highest BCUT2D eigenvalue weighted by molar-refractivity contribution is 8.00. The summed E-state index contributed by atoms with van der Waals surface area (Å²) in [5.41, 5.74) is 3.46. The van der Waals surface area contributed by atoms with E-state index in [2.05, 4.69) is 25.6 Å². The lowest BCUT2D eigenvalue weighted by Crippen LogP contribution is -2.27. The van der Waals surface area contributed by atoms with Gasteiger partial charge in [0.05, 0.1) is 12.3 Å². The van der Waals surface area contributed by atoms with Crippen LogP contribution in [0.4, 0.5) is 0 Å². The van der Waals surface area contributed by atoms with Crippen LogP contribution in [-0.2, 0) is 17.8 Å². The van der Waals surface area contributed by atoms with Gasteiger partial charge in [-0.2, -0.15) is 0 Å². The van der Waals surface area contributed by atoms with Crippen LogP contribution >= 0.6 is 23.4 Å². The number of nitrogens with zero attached hydrogens (tertiary/aromatic N) is 5. The molecule has 2 aromatic carbocycles. The molecule has 0 radical (unpaired) electrons. The molecule has 30 heavy (non-hydrogen) atoms. The number of hydrogen-bond acceptors (Lipinski definition) is 6. The molecule has 9 heteroatoms. The van der Waals surface area contributed by atoms with Crippen LogP contribution in [0.5, 0.6) is 0 Å². The van der Waals surface area contributed by atoms with Gasteiger partial charge in [0.1, 0.15) is 11.4 Å². The van der Waals surface area contributed by atoms with Gasteiger partial charge in [0.2, 0.25) is 5.91 Å². The van der Waals surface area contributed by atoms with Gasteiger partial charge in [-0.25, -0.2) is 14.6 Å². The van der Waals surface area contributed by atoms with E-state index in [0.717, 1.165) is 12.0 Å². The average Bonchev–Trinajstić information content (AvgIpc) is 3.18. The van der Waals surface area contributed by atoms with Crippen molar-refractivity contribution in [2.45, 2.75) is 18.0 Å². The summed E-state index contributed by atoms with van der Waals surface area (Å²) in [6.45, 7) is 1.12. The van der Waals surface area contributed by atoms with Gasteiger partial charge in [0, 0.05) is 11.6 Å². The molecule has 4 aromatic rings. The zero-order valence-corrected chi connectivity index (χ0v) is 17.6. The zero-order valence-electron chi connectivity index (χ0n) is 16.0. The third kappa shape index (κ3) is 5.14. The number of hydrogen-bond donors (Lipinski definition) is 1. The van der Waals surface area contributed by atoms with Gasteiger partial charge < -0.3 is 5.32 Å². The summed E-state index contributed by atoms with van der Waals surface area (Å²) in [6, 6.07) is 17.6. The Kier molecular flexibility index (Phi) is 6.56. The number of carbonyl (C=O) groups is 1. The number of carbonyl (C=O) groups excluding carboxylic acids is 1. The second kappa shape index (κ2) is 9.69. The first-order valence-corrected chi connectivity index (χ1v) is 10.8. The quantitative estimate of drug-likeness (QED) is 0.335. The molecule has 7 nitrogen and oxygen atoms in total. The first-order valence-electron chi connectivity index (χ1n) is 9.41. The van der Waals surface area contributed by atoms with Gasteiger partial charge in [-0.3, -0.25) is 4.79 Å². The molecule has 0 aliphatic carbocycles. The third-order valence-corrected chi connectivity index (χ3v) is 5.66. The summed E-state index contributed by atoms with van der Waals surface area (Å²) in [5, 5.41) is 12.7. The van der Waals surface area contributed by atoms with E-state index in [-0.39, 0.29) is 11.7 Å². The smallest absolute Gasteiger partial charge is 0.230 e. The lowest BCUT2D eigenvalue weighted by molar-refractivity contribution is -0.118. The molecule has 2 aromatic heterocycles. The van der Waals surface area contributed by atoms with Crippen molar-refractivity contribution in [1.29, 1.82) is 0 Å². The molecule has 2 heterocycles. The lowest BCUT2D eigenvalue weighted by Gasteiger charge is -2.05. The molecule has 0 spiro atoms. The van der Waals surface area contributed by atoms with Crippen molar-refractivity contribution in [3.05, 3.63) is 77.1 Å². The molecule has 0 atom stereocenters. The molecular weight excluding hydrogens is 420 g/mol. The maximum absolute atomic E-state index is 12.2. The topological polar surface area (TPSA) is 85.6 Å². The number of nitrogens with one attached hydrogen (secondary N) is 1. The van der Waals surface area contributed by atoms with E-state index in [4.69, 9.17) is 11.6 Å². The van der Waals surface area contributed by atoms with E-state index in [1.807, 2.05) is 54.6 Å². The van der Waals surface area contributed by atoms with Crippen LogP contribution in [0.1, 0.15) is 11.1 Å². The molecule has 0 aliphatic rings. The van der Waals surface area contributed by atoms with Crippen molar-refractivity contribution >= 4 is 40.4 Å². The Morgan fingerprint density at radius 3 is 2.63 bits per heavy atom. The molecule has 0 fully saturated rings. The average molecular weight is 439 g/mol. The van der Waals surface area contributed by atoms with E-state index in [9.17, 15) is 4.79 Å². The molecule has 1 amide bonds. The molecule has 0 saturated heterocycles. The number of aromatic nitrogens is 5. The molecule has 4 rings (SSSR count). The minimum absolute atomic E-state index is 0.0451. The Bertz CT molecular complexity index is 1130. The predicted molar refractivity (Wildman–Crippen MR) is 118 cm³/mol. The van der Waals surface area contributed by atoms with Crippen molar-refractivity contribution in [3.63, 3.8) is 0 Å². The highest BCUT2D eigenvalue weighted by atomic mass is 35.5. The highest BCUT2D eigenvalue weighted by Gasteiger charge is 2.14. The van der Waals surface area contributed by atoms with E-state index >= 15 is 0 Å². The number of amides is 1. The van der Waals surface area contributed by atoms with Crippen LogP contribution in [0, 0.1) is 0 Å². The molecular formula is C21H19ClN6OS. The molecule has 1 N–H and O–H groups in total. The fourth-order valence-corrected chi connectivity index (χ4v) is 3.81. The Balaban J connectivity index is 1.35. The van der Waals surface area contributed by atoms with Gasteiger partial charge >= 0.3 is 0 Å². The van der Waals surface area contributed by atoms with Crippen LogP contribution in [0.15, 0.2) is 66.0 Å². The first-order chi connectivity index (χ1) is 14.7. The summed E-state index contributed by atoms with van der Waals surface area (Å²) < 4.78 is 1.71. The monoisotopic (exact) mass is 438 g/mol. The maximum atomic E-state index is 12.2. The normalized spacial score (nSPS) is 11.0. The van der Waals surface area contributed by atoms with Gasteiger partial charge in [0.25, 0.3) is 0 Å². The predicted octanol–water partition coefficient (Wildman–Crippen LogP) is 3.37. The van der Waals surface area contributed by atoms with Crippen molar-refractivity contribution < 1.29 is 4.79 Å². The minimum Gasteiger partial charge on any atom is -0.355 e. The van der Waals surface area contributed by atoms with Gasteiger partial charge in [-0.1, -0.05) is 71.0 Å². The number of rotatable bonds is 8. The second-order valence-corrected chi connectivity index (χ2v) is 8.00. The van der Waals surface area contributed by atoms with Crippen LogP contribution in [0.25, 0.3) is 11.2 Å². The Morgan fingerprint density at radius 2 is 1.83 bits per heavy atom. The van der Waals surface area contributed by atoms with E-state index in [1.54, 1.807) is 4.68 Å². The van der Waals surface area contributed by atoms with Crippen LogP contribution in [0.2, 0.25) is 5.02 Å². The fraction of sp³-hybridized carbons (Fsp3) is 0.190. The molecule has 152 valence electrons. The van der Waals surface area contributed by atoms with E-state index in [0.29, 0.717) is 34.3 Å². The molecule has 0 saturated carbocycles. The molecule has 0 aliphatic heterocycles. The maximum Gasteiger partial charge on any atom is 0.230 e. The number of halogens is 1. The zero-order chi connectivity index (χ0) is 20.8. The van der Waals surface area contributed by atoms with Crippen molar-refractivity contribution in [3.8, 4) is 0 Å². The summed E-state index contributed by atoms with van der Waals surface area (Å²) in [6.07, 6.45) is 2.27. The fourth-order valence-electron chi connectivity index (χ4n) is 2.92. The van der Waals surface area contributed by atoms with Gasteiger partial charge in [0.15, 0.2) is 11.2 Å². The Morgan fingerprint density at radius 1 is 1.03 bits per heavy atom. The van der Waals surface area contributed by atoms with Crippen LogP contribution < -0.4 is 5.32 Å². The largest absolute Gasteiger partial charge is 0.355 e.